The first-order valence-corrected chi connectivity index (χ1v) is 6.94. The number of hydrogen-bond donors (Lipinski definition) is 2. The van der Waals surface area contributed by atoms with Crippen LogP contribution in [-0.2, 0) is 0 Å². The molecule has 0 spiro atoms. The van der Waals surface area contributed by atoms with Crippen molar-refractivity contribution in [3.63, 3.8) is 0 Å². The number of halogens is 1. The Kier molecular flexibility index (Phi) is 4.90. The molecule has 0 amide bonds. The Hall–Kier alpha value is -1.43. The van der Waals surface area contributed by atoms with Crippen LogP contribution in [0.3, 0.4) is 0 Å². The molecule has 2 rings (SSSR count). The van der Waals surface area contributed by atoms with Crippen LogP contribution in [0.25, 0.3) is 0 Å². The predicted molar refractivity (Wildman–Crippen MR) is 76.2 cm³/mol. The van der Waals surface area contributed by atoms with Crippen molar-refractivity contribution in [2.24, 2.45) is 5.84 Å². The highest BCUT2D eigenvalue weighted by molar-refractivity contribution is 7.99. The van der Waals surface area contributed by atoms with Gasteiger partial charge in [-0.1, -0.05) is 0 Å². The molecule has 1 aromatic carbocycles. The maximum atomic E-state index is 12.8. The highest BCUT2D eigenvalue weighted by Gasteiger charge is 2.12. The number of aromatic nitrogens is 1. The molecule has 0 radical (unpaired) electrons. The first-order valence-electron chi connectivity index (χ1n) is 5.95. The minimum absolute atomic E-state index is 0.0174. The molecule has 1 heterocycles. The zero-order valence-electron chi connectivity index (χ0n) is 10.6. The molecule has 1 atom stereocenters. The summed E-state index contributed by atoms with van der Waals surface area (Å²) in [4.78, 5) is 5.14. The molecule has 0 fully saturated rings. The van der Waals surface area contributed by atoms with Crippen LogP contribution in [0.15, 0.2) is 47.6 Å². The number of pyridine rings is 1. The predicted octanol–water partition coefficient (Wildman–Crippen LogP) is 2.83. The van der Waals surface area contributed by atoms with E-state index in [-0.39, 0.29) is 11.9 Å². The smallest absolute Gasteiger partial charge is 0.123 e. The summed E-state index contributed by atoms with van der Waals surface area (Å²) in [6, 6.07) is 8.43. The molecule has 2 aromatic rings. The normalized spacial score (nSPS) is 12.4. The number of rotatable bonds is 5. The second kappa shape index (κ2) is 6.65. The third-order valence-corrected chi connectivity index (χ3v) is 3.99. The van der Waals surface area contributed by atoms with Crippen LogP contribution in [0.1, 0.15) is 17.2 Å². The molecule has 0 aliphatic heterocycles. The lowest BCUT2D eigenvalue weighted by atomic mass is 10.1. The van der Waals surface area contributed by atoms with Crippen molar-refractivity contribution in [3.05, 3.63) is 59.7 Å². The van der Waals surface area contributed by atoms with Gasteiger partial charge in [0.05, 0.1) is 6.04 Å². The van der Waals surface area contributed by atoms with Gasteiger partial charge in [0.15, 0.2) is 0 Å². The van der Waals surface area contributed by atoms with E-state index >= 15 is 0 Å². The van der Waals surface area contributed by atoms with E-state index in [1.807, 2.05) is 19.2 Å². The van der Waals surface area contributed by atoms with Crippen LogP contribution in [0.4, 0.5) is 4.39 Å². The molecule has 0 aliphatic carbocycles. The van der Waals surface area contributed by atoms with Crippen molar-refractivity contribution in [2.45, 2.75) is 17.9 Å². The van der Waals surface area contributed by atoms with Gasteiger partial charge in [-0.2, -0.15) is 0 Å². The van der Waals surface area contributed by atoms with Gasteiger partial charge in [-0.25, -0.2) is 4.39 Å². The standard InChI is InChI=1S/C14H16FN3S/c1-10-6-7-17-8-13(10)14(18-16)9-19-12-4-2-11(15)3-5-12/h2-8,14,18H,9,16H2,1H3. The van der Waals surface area contributed by atoms with E-state index in [4.69, 9.17) is 5.84 Å². The van der Waals surface area contributed by atoms with Gasteiger partial charge in [0.2, 0.25) is 0 Å². The number of hydrogen-bond acceptors (Lipinski definition) is 4. The molecule has 3 nitrogen and oxygen atoms in total. The average molecular weight is 277 g/mol. The van der Waals surface area contributed by atoms with Crippen LogP contribution >= 0.6 is 11.8 Å². The van der Waals surface area contributed by atoms with Crippen molar-refractivity contribution >= 4 is 11.8 Å². The Morgan fingerprint density at radius 1 is 1.32 bits per heavy atom. The number of nitrogens with zero attached hydrogens (tertiary/aromatic N) is 1. The minimum Gasteiger partial charge on any atom is -0.271 e. The van der Waals surface area contributed by atoms with Gasteiger partial charge in [0.1, 0.15) is 5.82 Å². The summed E-state index contributed by atoms with van der Waals surface area (Å²) in [5.41, 5.74) is 5.04. The highest BCUT2D eigenvalue weighted by atomic mass is 32.2. The number of thioether (sulfide) groups is 1. The zero-order chi connectivity index (χ0) is 13.7. The lowest BCUT2D eigenvalue weighted by Crippen LogP contribution is -2.30. The van der Waals surface area contributed by atoms with E-state index in [2.05, 4.69) is 10.4 Å². The molecule has 3 N–H and O–H groups in total. The first-order chi connectivity index (χ1) is 9.20. The van der Waals surface area contributed by atoms with Gasteiger partial charge in [0, 0.05) is 23.0 Å². The van der Waals surface area contributed by atoms with Gasteiger partial charge >= 0.3 is 0 Å². The third kappa shape index (κ3) is 3.76. The second-order valence-electron chi connectivity index (χ2n) is 4.22. The molecular formula is C14H16FN3S. The van der Waals surface area contributed by atoms with E-state index in [0.717, 1.165) is 21.8 Å². The molecule has 0 aliphatic rings. The van der Waals surface area contributed by atoms with E-state index in [9.17, 15) is 4.39 Å². The van der Waals surface area contributed by atoms with Crippen LogP contribution in [0.2, 0.25) is 0 Å². The zero-order valence-corrected chi connectivity index (χ0v) is 11.5. The molecule has 0 saturated heterocycles. The summed E-state index contributed by atoms with van der Waals surface area (Å²) in [5.74, 6) is 6.15. The molecular weight excluding hydrogens is 261 g/mol. The molecule has 0 bridgehead atoms. The molecule has 100 valence electrons. The van der Waals surface area contributed by atoms with Crippen molar-refractivity contribution in [1.29, 1.82) is 0 Å². The van der Waals surface area contributed by atoms with Crippen LogP contribution in [0.5, 0.6) is 0 Å². The molecule has 5 heteroatoms. The highest BCUT2D eigenvalue weighted by Crippen LogP contribution is 2.25. The number of nitrogens with two attached hydrogens (primary N) is 1. The Balaban J connectivity index is 2.04. The first kappa shape index (κ1) is 14.0. The summed E-state index contributed by atoms with van der Waals surface area (Å²) in [5, 5.41) is 0. The fourth-order valence-electron chi connectivity index (χ4n) is 1.78. The summed E-state index contributed by atoms with van der Waals surface area (Å²) in [6.07, 6.45) is 3.59. The summed E-state index contributed by atoms with van der Waals surface area (Å²) in [7, 11) is 0. The van der Waals surface area contributed by atoms with Crippen LogP contribution < -0.4 is 11.3 Å². The molecule has 0 saturated carbocycles. The third-order valence-electron chi connectivity index (χ3n) is 2.89. The molecule has 1 aromatic heterocycles. The number of benzene rings is 1. The lowest BCUT2D eigenvalue weighted by molar-refractivity contribution is 0.605. The van der Waals surface area contributed by atoms with E-state index < -0.39 is 0 Å². The maximum absolute atomic E-state index is 12.8. The number of hydrazine groups is 1. The van der Waals surface area contributed by atoms with Crippen LogP contribution in [-0.4, -0.2) is 10.7 Å². The quantitative estimate of drug-likeness (QED) is 0.501. The van der Waals surface area contributed by atoms with E-state index in [0.29, 0.717) is 0 Å². The van der Waals surface area contributed by atoms with E-state index in [1.165, 1.54) is 12.1 Å². The van der Waals surface area contributed by atoms with Gasteiger partial charge in [-0.05, 0) is 48.4 Å². The summed E-state index contributed by atoms with van der Waals surface area (Å²) >= 11 is 1.63. The van der Waals surface area contributed by atoms with Gasteiger partial charge < -0.3 is 0 Å². The maximum Gasteiger partial charge on any atom is 0.123 e. The van der Waals surface area contributed by atoms with Gasteiger partial charge in [0.25, 0.3) is 0 Å². The van der Waals surface area contributed by atoms with Crippen LogP contribution in [0, 0.1) is 12.7 Å². The van der Waals surface area contributed by atoms with E-state index in [1.54, 1.807) is 30.1 Å². The van der Waals surface area contributed by atoms with Crippen molar-refractivity contribution in [2.75, 3.05) is 5.75 Å². The molecule has 19 heavy (non-hydrogen) atoms. The monoisotopic (exact) mass is 277 g/mol. The average Bonchev–Trinajstić information content (AvgIpc) is 2.43. The minimum atomic E-state index is -0.221. The van der Waals surface area contributed by atoms with Crippen molar-refractivity contribution in [1.82, 2.24) is 10.4 Å². The Bertz CT molecular complexity index is 530. The fraction of sp³-hybridized carbons (Fsp3) is 0.214. The molecule has 1 unspecified atom stereocenters. The topological polar surface area (TPSA) is 50.9 Å². The van der Waals surface area contributed by atoms with Crippen molar-refractivity contribution in [3.8, 4) is 0 Å². The Labute approximate surface area is 116 Å². The number of nitrogens with one attached hydrogen (secondary N) is 1. The largest absolute Gasteiger partial charge is 0.271 e. The summed E-state index contributed by atoms with van der Waals surface area (Å²) < 4.78 is 12.8. The lowest BCUT2D eigenvalue weighted by Gasteiger charge is -2.17. The van der Waals surface area contributed by atoms with Gasteiger partial charge in [-0.3, -0.25) is 16.3 Å². The number of aryl methyl sites for hydroxylation is 1. The Morgan fingerprint density at radius 3 is 2.68 bits per heavy atom. The van der Waals surface area contributed by atoms with Gasteiger partial charge in [-0.15, -0.1) is 11.8 Å². The fourth-order valence-corrected chi connectivity index (χ4v) is 2.74. The SMILES string of the molecule is Cc1ccncc1C(CSc1ccc(F)cc1)NN. The Morgan fingerprint density at radius 2 is 2.05 bits per heavy atom. The second-order valence-corrected chi connectivity index (χ2v) is 5.31. The summed E-state index contributed by atoms with van der Waals surface area (Å²) in [6.45, 7) is 2.03. The van der Waals surface area contributed by atoms with Crippen molar-refractivity contribution < 1.29 is 4.39 Å².